The summed E-state index contributed by atoms with van der Waals surface area (Å²) < 4.78 is 0. The van der Waals surface area contributed by atoms with E-state index in [1.54, 1.807) is 6.20 Å². The van der Waals surface area contributed by atoms with E-state index in [1.165, 1.54) is 66.9 Å². The van der Waals surface area contributed by atoms with Gasteiger partial charge < -0.3 is 11.1 Å². The van der Waals surface area contributed by atoms with Crippen molar-refractivity contribution in [2.75, 3.05) is 0 Å². The second kappa shape index (κ2) is 20.0. The molecule has 2 nitrogen and oxygen atoms in total. The second-order valence-corrected chi connectivity index (χ2v) is 15.7. The van der Waals surface area contributed by atoms with E-state index in [4.69, 9.17) is 5.73 Å². The lowest BCUT2D eigenvalue weighted by molar-refractivity contribution is 0.664. The van der Waals surface area contributed by atoms with Gasteiger partial charge in [0.1, 0.15) is 0 Å². The van der Waals surface area contributed by atoms with E-state index in [2.05, 4.69) is 220 Å². The predicted molar refractivity (Wildman–Crippen MR) is 260 cm³/mol. The summed E-state index contributed by atoms with van der Waals surface area (Å²) in [6.45, 7) is 6.84. The highest BCUT2D eigenvalue weighted by Crippen LogP contribution is 2.51. The molecule has 0 unspecified atom stereocenters. The van der Waals surface area contributed by atoms with Gasteiger partial charge in [0, 0.05) is 17.3 Å². The standard InChI is InChI=1S/C58H54N2/c1-44(18-8-4-9-25-50(26-16-40-59)47-19-10-5-11-20-47)28-29-45-32-39-55-54(27-17-41-60-53-37-35-52(36-38-53)49-23-14-7-15-24-49)56(58(2,3)57(55)42-45)43-46-30-33-51(34-31-46)48-21-12-6-13-22-48/h4-35,37,39-43,60H,36,38,59H2,1-3H3/b8-4+,25-9-,29-28-,40-16+,41-17+,44-18-,50-26+,54-27-,56-43+. The molecule has 2 aliphatic rings. The minimum Gasteiger partial charge on any atom is -0.405 e. The average Bonchev–Trinajstić information content (AvgIpc) is 3.50. The number of nitrogens with two attached hydrogens (primary N) is 1. The van der Waals surface area contributed by atoms with Crippen molar-refractivity contribution < 1.29 is 0 Å². The highest BCUT2D eigenvalue weighted by molar-refractivity contribution is 5.95. The molecule has 0 bridgehead atoms. The number of hydrogen-bond donors (Lipinski definition) is 2. The molecule has 2 aliphatic carbocycles. The summed E-state index contributed by atoms with van der Waals surface area (Å²) >= 11 is 0. The van der Waals surface area contributed by atoms with Crippen LogP contribution in [0.1, 0.15) is 67.0 Å². The minimum atomic E-state index is -0.206. The van der Waals surface area contributed by atoms with Crippen molar-refractivity contribution in [2.24, 2.45) is 5.73 Å². The van der Waals surface area contributed by atoms with E-state index in [0.29, 0.717) is 0 Å². The maximum atomic E-state index is 5.60. The van der Waals surface area contributed by atoms with E-state index < -0.39 is 0 Å². The van der Waals surface area contributed by atoms with Gasteiger partial charge in [0.05, 0.1) is 0 Å². The maximum Gasteiger partial charge on any atom is 0.0159 e. The summed E-state index contributed by atoms with van der Waals surface area (Å²) in [5.41, 5.74) is 22.7. The van der Waals surface area contributed by atoms with Gasteiger partial charge in [0.2, 0.25) is 0 Å². The quantitative estimate of drug-likeness (QED) is 0.117. The summed E-state index contributed by atoms with van der Waals surface area (Å²) in [6, 6.07) is 47.4. The number of nitrogens with one attached hydrogen (secondary N) is 1. The van der Waals surface area contributed by atoms with Crippen LogP contribution in [0.2, 0.25) is 0 Å². The van der Waals surface area contributed by atoms with Gasteiger partial charge in [0.15, 0.2) is 0 Å². The summed E-state index contributed by atoms with van der Waals surface area (Å²) in [4.78, 5) is 0. The van der Waals surface area contributed by atoms with Gasteiger partial charge >= 0.3 is 0 Å². The van der Waals surface area contributed by atoms with Crippen LogP contribution in [-0.2, 0) is 5.41 Å². The molecule has 0 amide bonds. The van der Waals surface area contributed by atoms with Crippen LogP contribution >= 0.6 is 0 Å². The number of fused-ring (bicyclic) bond motifs is 1. The Hall–Kier alpha value is -7.16. The minimum absolute atomic E-state index is 0.206. The lowest BCUT2D eigenvalue weighted by atomic mass is 9.81. The topological polar surface area (TPSA) is 38.0 Å². The van der Waals surface area contributed by atoms with Crippen LogP contribution in [0.25, 0.3) is 40.0 Å². The molecule has 2 heteroatoms. The van der Waals surface area contributed by atoms with Crippen molar-refractivity contribution in [3.63, 3.8) is 0 Å². The van der Waals surface area contributed by atoms with E-state index in [0.717, 1.165) is 24.0 Å². The monoisotopic (exact) mass is 778 g/mol. The third-order valence-corrected chi connectivity index (χ3v) is 11.1. The van der Waals surface area contributed by atoms with Crippen LogP contribution in [0.4, 0.5) is 0 Å². The van der Waals surface area contributed by atoms with Gasteiger partial charge in [-0.25, -0.2) is 0 Å². The van der Waals surface area contributed by atoms with E-state index >= 15 is 0 Å². The zero-order valence-corrected chi connectivity index (χ0v) is 34.9. The van der Waals surface area contributed by atoms with Crippen LogP contribution in [-0.4, -0.2) is 0 Å². The molecule has 0 saturated carbocycles. The molecule has 0 saturated heterocycles. The lowest BCUT2D eigenvalue weighted by Gasteiger charge is -2.22. The second-order valence-electron chi connectivity index (χ2n) is 15.7. The largest absolute Gasteiger partial charge is 0.405 e. The Balaban J connectivity index is 1.11. The molecule has 0 atom stereocenters. The Morgan fingerprint density at radius 3 is 2.02 bits per heavy atom. The number of hydrogen-bond acceptors (Lipinski definition) is 2. The van der Waals surface area contributed by atoms with Gasteiger partial charge in [-0.15, -0.1) is 0 Å². The van der Waals surface area contributed by atoms with Gasteiger partial charge in [-0.2, -0.15) is 0 Å². The average molecular weight is 779 g/mol. The SMILES string of the molecule is CC(/C=C\c1ccc2c(c1)C(C)(C)C(=C/c1ccc(-c3ccccc3)cc1)/C2=C\C=C\NC1=CC=C(c2ccccc2)CC1)=C/C=C/C=C\C(=C/C=C/N)c1ccccc1. The van der Waals surface area contributed by atoms with Crippen molar-refractivity contribution in [1.29, 1.82) is 0 Å². The van der Waals surface area contributed by atoms with Gasteiger partial charge in [-0.1, -0.05) is 220 Å². The smallest absolute Gasteiger partial charge is 0.0159 e. The molecule has 7 rings (SSSR count). The van der Waals surface area contributed by atoms with Crippen LogP contribution < -0.4 is 11.1 Å². The van der Waals surface area contributed by atoms with Crippen LogP contribution in [0.15, 0.2) is 236 Å². The lowest BCUT2D eigenvalue weighted by Crippen LogP contribution is -2.15. The first-order valence-electron chi connectivity index (χ1n) is 20.8. The third-order valence-electron chi connectivity index (χ3n) is 11.1. The Labute approximate surface area is 357 Å². The first-order valence-corrected chi connectivity index (χ1v) is 20.8. The van der Waals surface area contributed by atoms with Gasteiger partial charge in [-0.3, -0.25) is 0 Å². The third kappa shape index (κ3) is 10.5. The molecule has 0 heterocycles. The molecule has 0 spiro atoms. The molecule has 5 aromatic rings. The van der Waals surface area contributed by atoms with Gasteiger partial charge in [-0.05, 0) is 111 Å². The highest BCUT2D eigenvalue weighted by Gasteiger charge is 2.38. The Bertz CT molecular complexity index is 2600. The molecule has 0 fully saturated rings. The van der Waals surface area contributed by atoms with Gasteiger partial charge in [0.25, 0.3) is 0 Å². The maximum absolute atomic E-state index is 5.60. The van der Waals surface area contributed by atoms with Crippen LogP contribution in [0, 0.1) is 0 Å². The summed E-state index contributed by atoms with van der Waals surface area (Å²) in [5, 5.41) is 3.57. The summed E-state index contributed by atoms with van der Waals surface area (Å²) in [6.07, 6.45) is 35.6. The van der Waals surface area contributed by atoms with Crippen molar-refractivity contribution in [3.8, 4) is 11.1 Å². The van der Waals surface area contributed by atoms with Crippen molar-refractivity contribution in [2.45, 2.75) is 39.0 Å². The van der Waals surface area contributed by atoms with Crippen molar-refractivity contribution in [1.82, 2.24) is 5.32 Å². The summed E-state index contributed by atoms with van der Waals surface area (Å²) in [7, 11) is 0. The first kappa shape index (κ1) is 41.0. The van der Waals surface area contributed by atoms with Crippen molar-refractivity contribution in [3.05, 3.63) is 269 Å². The fourth-order valence-electron chi connectivity index (χ4n) is 7.75. The van der Waals surface area contributed by atoms with E-state index in [-0.39, 0.29) is 5.41 Å². The molecule has 5 aromatic carbocycles. The molecule has 60 heavy (non-hydrogen) atoms. The van der Waals surface area contributed by atoms with Crippen LogP contribution in [0.5, 0.6) is 0 Å². The molecular weight excluding hydrogens is 725 g/mol. The highest BCUT2D eigenvalue weighted by atomic mass is 14.8. The van der Waals surface area contributed by atoms with E-state index in [9.17, 15) is 0 Å². The number of allylic oxidation sites excluding steroid dienone is 18. The van der Waals surface area contributed by atoms with Crippen molar-refractivity contribution >= 4 is 28.9 Å². The fraction of sp³-hybridized carbons (Fsp3) is 0.103. The normalized spacial score (nSPS) is 17.1. The zero-order valence-electron chi connectivity index (χ0n) is 34.9. The van der Waals surface area contributed by atoms with Crippen LogP contribution in [0.3, 0.4) is 0 Å². The van der Waals surface area contributed by atoms with E-state index in [1.807, 2.05) is 30.4 Å². The molecule has 0 radical (unpaired) electrons. The molecule has 0 aliphatic heterocycles. The molecule has 296 valence electrons. The zero-order chi connectivity index (χ0) is 41.6. The molecule has 3 N–H and O–H groups in total. The summed E-state index contributed by atoms with van der Waals surface area (Å²) in [5.74, 6) is 0. The Morgan fingerprint density at radius 2 is 1.32 bits per heavy atom. The Kier molecular flexibility index (Phi) is 13.7. The predicted octanol–water partition coefficient (Wildman–Crippen LogP) is 14.6. The molecule has 0 aromatic heterocycles. The fourth-order valence-corrected chi connectivity index (χ4v) is 7.75. The number of benzene rings is 5. The Morgan fingerprint density at radius 1 is 0.633 bits per heavy atom. The molecular formula is C58H54N2. The first-order chi connectivity index (χ1) is 29.4. The number of rotatable bonds is 13.